The molecule has 31 heavy (non-hydrogen) atoms. The van der Waals surface area contributed by atoms with E-state index in [0.29, 0.717) is 0 Å². The molecule has 0 saturated carbocycles. The molecule has 2 fully saturated rings. The lowest BCUT2D eigenvalue weighted by molar-refractivity contribution is 0.122. The molecule has 0 aliphatic carbocycles. The van der Waals surface area contributed by atoms with E-state index in [0.717, 1.165) is 86.9 Å². The number of halogens is 1. The molecule has 9 heteroatoms. The number of piperazine rings is 1. The van der Waals surface area contributed by atoms with Gasteiger partial charge in [-0.2, -0.15) is 5.10 Å². The van der Waals surface area contributed by atoms with Gasteiger partial charge in [0, 0.05) is 68.0 Å². The van der Waals surface area contributed by atoms with Crippen molar-refractivity contribution in [2.45, 2.75) is 6.54 Å². The third kappa shape index (κ3) is 4.66. The third-order valence-corrected chi connectivity index (χ3v) is 6.13. The van der Waals surface area contributed by atoms with Gasteiger partial charge in [-0.15, -0.1) is 0 Å². The molecule has 2 aromatic heterocycles. The molecule has 5 rings (SSSR count). The van der Waals surface area contributed by atoms with Crippen LogP contribution in [0.3, 0.4) is 0 Å². The van der Waals surface area contributed by atoms with Crippen molar-refractivity contribution in [2.75, 3.05) is 62.3 Å². The van der Waals surface area contributed by atoms with Gasteiger partial charge in [0.25, 0.3) is 0 Å². The van der Waals surface area contributed by atoms with Gasteiger partial charge in [-0.05, 0) is 12.1 Å². The minimum Gasteiger partial charge on any atom is -0.378 e. The fourth-order valence-corrected chi connectivity index (χ4v) is 4.37. The lowest BCUT2D eigenvalue weighted by Gasteiger charge is -2.36. The van der Waals surface area contributed by atoms with Crippen LogP contribution in [0.1, 0.15) is 5.56 Å². The lowest BCUT2D eigenvalue weighted by Crippen LogP contribution is -2.46. The molecule has 0 atom stereocenters. The maximum Gasteiger partial charge on any atom is 0.134 e. The third-order valence-electron chi connectivity index (χ3n) is 5.89. The summed E-state index contributed by atoms with van der Waals surface area (Å²) in [5.41, 5.74) is 3.29. The standard InChI is InChI=1S/C22H26ClN7O/c23-19-3-1-2-17(12-19)22-18(14-26-27-22)15-28-4-6-29(7-5-28)20-13-21(25-16-24-20)30-8-10-31-11-9-30/h1-3,12-14,16H,4-11,15H2,(H,26,27). The normalized spacial score (nSPS) is 17.8. The summed E-state index contributed by atoms with van der Waals surface area (Å²) in [7, 11) is 0. The van der Waals surface area contributed by atoms with Crippen molar-refractivity contribution < 1.29 is 4.74 Å². The lowest BCUT2D eigenvalue weighted by atomic mass is 10.1. The van der Waals surface area contributed by atoms with Gasteiger partial charge in [-0.25, -0.2) is 9.97 Å². The summed E-state index contributed by atoms with van der Waals surface area (Å²) in [5, 5.41) is 8.14. The summed E-state index contributed by atoms with van der Waals surface area (Å²) in [4.78, 5) is 16.1. The van der Waals surface area contributed by atoms with Gasteiger partial charge >= 0.3 is 0 Å². The first-order valence-corrected chi connectivity index (χ1v) is 11.0. The van der Waals surface area contributed by atoms with Crippen molar-refractivity contribution in [3.05, 3.63) is 53.4 Å². The molecule has 1 aromatic carbocycles. The number of aromatic nitrogens is 4. The highest BCUT2D eigenvalue weighted by molar-refractivity contribution is 6.30. The number of rotatable bonds is 5. The van der Waals surface area contributed by atoms with Crippen LogP contribution in [0.15, 0.2) is 42.9 Å². The van der Waals surface area contributed by atoms with Crippen LogP contribution in [0.25, 0.3) is 11.3 Å². The second kappa shape index (κ2) is 9.21. The molecule has 0 spiro atoms. The average molecular weight is 440 g/mol. The number of benzene rings is 1. The van der Waals surface area contributed by atoms with Crippen molar-refractivity contribution >= 4 is 23.2 Å². The Labute approximate surface area is 186 Å². The van der Waals surface area contributed by atoms with Crippen LogP contribution >= 0.6 is 11.6 Å². The van der Waals surface area contributed by atoms with Gasteiger partial charge < -0.3 is 14.5 Å². The summed E-state index contributed by atoms with van der Waals surface area (Å²) in [6.07, 6.45) is 3.59. The van der Waals surface area contributed by atoms with Crippen LogP contribution in [-0.4, -0.2) is 77.5 Å². The molecule has 2 aliphatic heterocycles. The molecule has 0 amide bonds. The Kier molecular flexibility index (Phi) is 6.01. The van der Waals surface area contributed by atoms with E-state index >= 15 is 0 Å². The Morgan fingerprint density at radius 2 is 1.68 bits per heavy atom. The van der Waals surface area contributed by atoms with E-state index in [1.165, 1.54) is 5.56 Å². The summed E-state index contributed by atoms with van der Waals surface area (Å²) in [6.45, 7) is 7.93. The Balaban J connectivity index is 1.22. The number of anilines is 2. The Morgan fingerprint density at radius 1 is 0.935 bits per heavy atom. The predicted molar refractivity (Wildman–Crippen MR) is 122 cm³/mol. The van der Waals surface area contributed by atoms with E-state index in [-0.39, 0.29) is 0 Å². The number of aromatic amines is 1. The fourth-order valence-electron chi connectivity index (χ4n) is 4.18. The zero-order valence-corrected chi connectivity index (χ0v) is 18.1. The minimum absolute atomic E-state index is 0.730. The van der Waals surface area contributed by atoms with Gasteiger partial charge in [0.05, 0.1) is 25.1 Å². The average Bonchev–Trinajstić information content (AvgIpc) is 3.28. The zero-order valence-electron chi connectivity index (χ0n) is 17.4. The molecule has 162 valence electrons. The summed E-state index contributed by atoms with van der Waals surface area (Å²) < 4.78 is 5.45. The number of H-pyrrole nitrogens is 1. The molecule has 1 N–H and O–H groups in total. The van der Waals surface area contributed by atoms with Crippen molar-refractivity contribution in [1.82, 2.24) is 25.1 Å². The quantitative estimate of drug-likeness (QED) is 0.655. The van der Waals surface area contributed by atoms with Crippen molar-refractivity contribution in [1.29, 1.82) is 0 Å². The maximum absolute atomic E-state index is 6.17. The SMILES string of the molecule is Clc1cccc(-c2[nH]ncc2CN2CCN(c3cc(N4CCOCC4)ncn3)CC2)c1. The van der Waals surface area contributed by atoms with Gasteiger partial charge in [0.2, 0.25) is 0 Å². The first-order chi connectivity index (χ1) is 15.3. The Morgan fingerprint density at radius 3 is 2.42 bits per heavy atom. The van der Waals surface area contributed by atoms with E-state index in [1.54, 1.807) is 6.33 Å². The van der Waals surface area contributed by atoms with E-state index in [9.17, 15) is 0 Å². The Hall–Kier alpha value is -2.68. The second-order valence-corrected chi connectivity index (χ2v) is 8.31. The van der Waals surface area contributed by atoms with Crippen LogP contribution in [0, 0.1) is 0 Å². The highest BCUT2D eigenvalue weighted by Gasteiger charge is 2.21. The number of ether oxygens (including phenoxy) is 1. The second-order valence-electron chi connectivity index (χ2n) is 7.88. The summed E-state index contributed by atoms with van der Waals surface area (Å²) in [6, 6.07) is 9.99. The number of morpholine rings is 1. The first-order valence-electron chi connectivity index (χ1n) is 10.7. The number of nitrogens with one attached hydrogen (secondary N) is 1. The molecule has 8 nitrogen and oxygen atoms in total. The van der Waals surface area contributed by atoms with Crippen LogP contribution in [0.5, 0.6) is 0 Å². The van der Waals surface area contributed by atoms with Crippen LogP contribution < -0.4 is 9.80 Å². The summed E-state index contributed by atoms with van der Waals surface area (Å²) >= 11 is 6.17. The number of hydrogen-bond donors (Lipinski definition) is 1. The number of hydrogen-bond acceptors (Lipinski definition) is 7. The summed E-state index contributed by atoms with van der Waals surface area (Å²) in [5.74, 6) is 1.99. The Bertz CT molecular complexity index is 1010. The van der Waals surface area contributed by atoms with Gasteiger partial charge in [0.15, 0.2) is 0 Å². The molecule has 0 bridgehead atoms. The van der Waals surface area contributed by atoms with Gasteiger partial charge in [0.1, 0.15) is 18.0 Å². The van der Waals surface area contributed by atoms with E-state index < -0.39 is 0 Å². The van der Waals surface area contributed by atoms with E-state index in [2.05, 4.69) is 47.0 Å². The molecular formula is C22H26ClN7O. The smallest absolute Gasteiger partial charge is 0.134 e. The van der Waals surface area contributed by atoms with Gasteiger partial charge in [-0.1, -0.05) is 23.7 Å². The highest BCUT2D eigenvalue weighted by atomic mass is 35.5. The molecular weight excluding hydrogens is 414 g/mol. The van der Waals surface area contributed by atoms with E-state index in [1.807, 2.05) is 24.4 Å². The highest BCUT2D eigenvalue weighted by Crippen LogP contribution is 2.26. The van der Waals surface area contributed by atoms with Gasteiger partial charge in [-0.3, -0.25) is 10.00 Å². The van der Waals surface area contributed by atoms with Crippen molar-refractivity contribution in [2.24, 2.45) is 0 Å². The molecule has 0 radical (unpaired) electrons. The van der Waals surface area contributed by atoms with E-state index in [4.69, 9.17) is 16.3 Å². The molecule has 3 aromatic rings. The first kappa shape index (κ1) is 20.2. The topological polar surface area (TPSA) is 73.4 Å². The number of nitrogens with zero attached hydrogens (tertiary/aromatic N) is 6. The predicted octanol–water partition coefficient (Wildman–Crippen LogP) is 2.68. The monoisotopic (exact) mass is 439 g/mol. The molecule has 0 unspecified atom stereocenters. The largest absolute Gasteiger partial charge is 0.378 e. The van der Waals surface area contributed by atoms with Crippen molar-refractivity contribution in [3.63, 3.8) is 0 Å². The fraction of sp³-hybridized carbons (Fsp3) is 0.409. The van der Waals surface area contributed by atoms with Crippen LogP contribution in [0.2, 0.25) is 5.02 Å². The van der Waals surface area contributed by atoms with Crippen LogP contribution in [0.4, 0.5) is 11.6 Å². The zero-order chi connectivity index (χ0) is 21.0. The van der Waals surface area contributed by atoms with Crippen molar-refractivity contribution in [3.8, 4) is 11.3 Å². The maximum atomic E-state index is 6.17. The molecule has 2 saturated heterocycles. The molecule has 4 heterocycles. The molecule has 2 aliphatic rings. The van der Waals surface area contributed by atoms with Crippen LogP contribution in [-0.2, 0) is 11.3 Å². The minimum atomic E-state index is 0.730.